The molecule has 1 aromatic rings. The van der Waals surface area contributed by atoms with Crippen LogP contribution >= 0.6 is 11.3 Å². The average molecular weight is 201 g/mol. The molecule has 5 heteroatoms. The van der Waals surface area contributed by atoms with Gasteiger partial charge in [-0.05, 0) is 13.3 Å². The van der Waals surface area contributed by atoms with Crippen LogP contribution in [0.15, 0.2) is 0 Å². The van der Waals surface area contributed by atoms with Crippen molar-refractivity contribution >= 4 is 11.3 Å². The van der Waals surface area contributed by atoms with Crippen LogP contribution in [-0.4, -0.2) is 23.9 Å². The molecular formula is C8H15N3OS. The van der Waals surface area contributed by atoms with E-state index in [1.807, 2.05) is 6.92 Å². The lowest BCUT2D eigenvalue weighted by molar-refractivity contribution is 0.195. The summed E-state index contributed by atoms with van der Waals surface area (Å²) in [5, 5.41) is 9.99. The molecule has 0 radical (unpaired) electrons. The fourth-order valence-electron chi connectivity index (χ4n) is 0.919. The second-order valence-corrected chi connectivity index (χ2v) is 4.01. The normalized spacial score (nSPS) is 13.2. The monoisotopic (exact) mass is 201 g/mol. The van der Waals surface area contributed by atoms with Crippen molar-refractivity contribution in [1.82, 2.24) is 10.2 Å². The Morgan fingerprint density at radius 3 is 2.85 bits per heavy atom. The van der Waals surface area contributed by atoms with Gasteiger partial charge in [0, 0.05) is 20.1 Å². The molecule has 0 aromatic carbocycles. The third kappa shape index (κ3) is 3.38. The molecule has 0 spiro atoms. The van der Waals surface area contributed by atoms with Gasteiger partial charge in [0.25, 0.3) is 0 Å². The number of hydrogen-bond acceptors (Lipinski definition) is 5. The zero-order chi connectivity index (χ0) is 9.68. The number of hydrogen-bond donors (Lipinski definition) is 1. The van der Waals surface area contributed by atoms with E-state index in [9.17, 15) is 0 Å². The van der Waals surface area contributed by atoms with E-state index in [0.29, 0.717) is 0 Å². The minimum absolute atomic E-state index is 0.00586. The first-order valence-electron chi connectivity index (χ1n) is 4.31. The van der Waals surface area contributed by atoms with Crippen molar-refractivity contribution in [3.8, 4) is 0 Å². The van der Waals surface area contributed by atoms with E-state index in [4.69, 9.17) is 10.5 Å². The maximum absolute atomic E-state index is 5.67. The summed E-state index contributed by atoms with van der Waals surface area (Å²) < 4.78 is 4.95. The van der Waals surface area contributed by atoms with Crippen LogP contribution in [0.2, 0.25) is 0 Å². The van der Waals surface area contributed by atoms with Gasteiger partial charge < -0.3 is 10.5 Å². The standard InChI is InChI=1S/C8H15N3OS/c1-6(9)8-11-10-7(13-8)4-3-5-12-2/h6H,3-5,9H2,1-2H3. The minimum atomic E-state index is -0.00586. The van der Waals surface area contributed by atoms with E-state index >= 15 is 0 Å². The Bertz CT molecular complexity index is 249. The van der Waals surface area contributed by atoms with Crippen LogP contribution in [0.5, 0.6) is 0 Å². The van der Waals surface area contributed by atoms with Crippen LogP contribution in [0.3, 0.4) is 0 Å². The topological polar surface area (TPSA) is 61.0 Å². The van der Waals surface area contributed by atoms with Gasteiger partial charge in [0.2, 0.25) is 0 Å². The maximum atomic E-state index is 5.67. The van der Waals surface area contributed by atoms with E-state index in [1.165, 1.54) is 0 Å². The number of aromatic nitrogens is 2. The summed E-state index contributed by atoms with van der Waals surface area (Å²) in [6.07, 6.45) is 1.92. The molecule has 0 saturated carbocycles. The van der Waals surface area contributed by atoms with Crippen molar-refractivity contribution in [3.63, 3.8) is 0 Å². The smallest absolute Gasteiger partial charge is 0.133 e. The molecule has 1 aromatic heterocycles. The van der Waals surface area contributed by atoms with Crippen molar-refractivity contribution in [1.29, 1.82) is 0 Å². The van der Waals surface area contributed by atoms with Gasteiger partial charge >= 0.3 is 0 Å². The van der Waals surface area contributed by atoms with E-state index in [0.717, 1.165) is 29.5 Å². The number of methoxy groups -OCH3 is 1. The van der Waals surface area contributed by atoms with Gasteiger partial charge in [-0.2, -0.15) is 0 Å². The summed E-state index contributed by atoms with van der Waals surface area (Å²) >= 11 is 1.59. The summed E-state index contributed by atoms with van der Waals surface area (Å²) in [5.41, 5.74) is 5.67. The van der Waals surface area contributed by atoms with Crippen molar-refractivity contribution < 1.29 is 4.74 Å². The van der Waals surface area contributed by atoms with E-state index in [2.05, 4.69) is 10.2 Å². The summed E-state index contributed by atoms with van der Waals surface area (Å²) in [5.74, 6) is 0. The van der Waals surface area contributed by atoms with E-state index in [-0.39, 0.29) is 6.04 Å². The highest BCUT2D eigenvalue weighted by atomic mass is 32.1. The first-order chi connectivity index (χ1) is 6.24. The second-order valence-electron chi connectivity index (χ2n) is 2.92. The quantitative estimate of drug-likeness (QED) is 0.726. The lowest BCUT2D eigenvalue weighted by Gasteiger charge is -1.95. The molecule has 13 heavy (non-hydrogen) atoms. The molecule has 0 aliphatic heterocycles. The zero-order valence-electron chi connectivity index (χ0n) is 7.99. The van der Waals surface area contributed by atoms with Gasteiger partial charge in [0.05, 0.1) is 6.04 Å². The van der Waals surface area contributed by atoms with Gasteiger partial charge in [-0.25, -0.2) is 0 Å². The van der Waals surface area contributed by atoms with Crippen molar-refractivity contribution in [3.05, 3.63) is 10.0 Å². The fourth-order valence-corrected chi connectivity index (χ4v) is 1.76. The number of ether oxygens (including phenoxy) is 1. The lowest BCUT2D eigenvalue weighted by atomic mass is 10.3. The predicted octanol–water partition coefficient (Wildman–Crippen LogP) is 1.14. The lowest BCUT2D eigenvalue weighted by Crippen LogP contribution is -2.03. The molecule has 2 N–H and O–H groups in total. The van der Waals surface area contributed by atoms with Crippen LogP contribution < -0.4 is 5.73 Å². The molecule has 1 unspecified atom stereocenters. The third-order valence-corrected chi connectivity index (χ3v) is 2.80. The molecule has 0 aliphatic carbocycles. The first kappa shape index (κ1) is 10.6. The number of aryl methyl sites for hydroxylation is 1. The van der Waals surface area contributed by atoms with Gasteiger partial charge in [0.15, 0.2) is 0 Å². The van der Waals surface area contributed by atoms with Crippen LogP contribution in [0.25, 0.3) is 0 Å². The summed E-state index contributed by atoms with van der Waals surface area (Å²) in [7, 11) is 1.70. The van der Waals surface area contributed by atoms with Gasteiger partial charge in [-0.15, -0.1) is 10.2 Å². The van der Waals surface area contributed by atoms with Crippen LogP contribution in [0, 0.1) is 0 Å². The third-order valence-electron chi connectivity index (χ3n) is 1.61. The Morgan fingerprint density at radius 2 is 2.31 bits per heavy atom. The predicted molar refractivity (Wildman–Crippen MR) is 52.7 cm³/mol. The molecular weight excluding hydrogens is 186 g/mol. The summed E-state index contributed by atoms with van der Waals surface area (Å²) in [6.45, 7) is 2.69. The Balaban J connectivity index is 2.40. The van der Waals surface area contributed by atoms with Crippen molar-refractivity contribution in [2.24, 2.45) is 5.73 Å². The van der Waals surface area contributed by atoms with Crippen LogP contribution in [-0.2, 0) is 11.2 Å². The summed E-state index contributed by atoms with van der Waals surface area (Å²) in [4.78, 5) is 0. The Morgan fingerprint density at radius 1 is 1.54 bits per heavy atom. The molecule has 0 saturated heterocycles. The highest BCUT2D eigenvalue weighted by Crippen LogP contribution is 2.16. The summed E-state index contributed by atoms with van der Waals surface area (Å²) in [6, 6.07) is -0.00586. The number of nitrogens with two attached hydrogens (primary N) is 1. The second kappa shape index (κ2) is 5.26. The van der Waals surface area contributed by atoms with Crippen molar-refractivity contribution in [2.75, 3.05) is 13.7 Å². The highest BCUT2D eigenvalue weighted by Gasteiger charge is 2.06. The number of nitrogens with zero attached hydrogens (tertiary/aromatic N) is 2. The Hall–Kier alpha value is -0.520. The largest absolute Gasteiger partial charge is 0.385 e. The van der Waals surface area contributed by atoms with E-state index < -0.39 is 0 Å². The molecule has 74 valence electrons. The van der Waals surface area contributed by atoms with Gasteiger partial charge in [0.1, 0.15) is 10.0 Å². The Labute approximate surface area is 82.1 Å². The molecule has 1 rings (SSSR count). The molecule has 1 atom stereocenters. The Kier molecular flexibility index (Phi) is 4.27. The molecule has 0 aliphatic rings. The number of rotatable bonds is 5. The van der Waals surface area contributed by atoms with Gasteiger partial charge in [-0.3, -0.25) is 0 Å². The average Bonchev–Trinajstić information content (AvgIpc) is 2.53. The maximum Gasteiger partial charge on any atom is 0.133 e. The molecule has 0 fully saturated rings. The van der Waals surface area contributed by atoms with Gasteiger partial charge in [-0.1, -0.05) is 11.3 Å². The SMILES string of the molecule is COCCCc1nnc(C(C)N)s1. The first-order valence-corrected chi connectivity index (χ1v) is 5.12. The minimum Gasteiger partial charge on any atom is -0.385 e. The molecule has 0 bridgehead atoms. The van der Waals surface area contributed by atoms with Crippen LogP contribution in [0.4, 0.5) is 0 Å². The molecule has 0 amide bonds. The highest BCUT2D eigenvalue weighted by molar-refractivity contribution is 7.11. The van der Waals surface area contributed by atoms with Crippen molar-refractivity contribution in [2.45, 2.75) is 25.8 Å². The molecule has 4 nitrogen and oxygen atoms in total. The van der Waals surface area contributed by atoms with E-state index in [1.54, 1.807) is 18.4 Å². The zero-order valence-corrected chi connectivity index (χ0v) is 8.80. The fraction of sp³-hybridized carbons (Fsp3) is 0.750. The van der Waals surface area contributed by atoms with Crippen LogP contribution in [0.1, 0.15) is 29.4 Å². The molecule has 1 heterocycles.